The van der Waals surface area contributed by atoms with Crippen molar-refractivity contribution in [1.82, 2.24) is 19.7 Å². The second kappa shape index (κ2) is 10.8. The molecule has 0 aliphatic rings. The summed E-state index contributed by atoms with van der Waals surface area (Å²) in [6.45, 7) is 1.52. The molecule has 0 bridgehead atoms. The average molecular weight is 530 g/mol. The summed E-state index contributed by atoms with van der Waals surface area (Å²) in [5, 5.41) is 15.4. The van der Waals surface area contributed by atoms with Gasteiger partial charge in [-0.25, -0.2) is 28.2 Å². The van der Waals surface area contributed by atoms with E-state index < -0.39 is 35.4 Å². The van der Waals surface area contributed by atoms with Crippen molar-refractivity contribution in [2.75, 3.05) is 6.07 Å². The van der Waals surface area contributed by atoms with Crippen LogP contribution in [0.25, 0.3) is 11.3 Å². The summed E-state index contributed by atoms with van der Waals surface area (Å²) in [5.74, 6) is -2.48. The van der Waals surface area contributed by atoms with E-state index in [1.165, 1.54) is 34.7 Å². The highest BCUT2D eigenvalue weighted by atomic mass is 35.5. The molecular formula is C24H18ClF2N5O3S. The van der Waals surface area contributed by atoms with Gasteiger partial charge in [0.15, 0.2) is 11.7 Å². The van der Waals surface area contributed by atoms with E-state index in [0.717, 1.165) is 11.6 Å². The van der Waals surface area contributed by atoms with Crippen LogP contribution >= 0.6 is 22.9 Å². The number of halogens is 3. The van der Waals surface area contributed by atoms with Gasteiger partial charge in [-0.3, -0.25) is 0 Å². The number of benzene rings is 2. The van der Waals surface area contributed by atoms with Crippen LogP contribution in [-0.4, -0.2) is 32.0 Å². The number of carbonyl (C=O) groups excluding carboxylic acids is 1. The maximum absolute atomic E-state index is 15.2. The van der Waals surface area contributed by atoms with E-state index in [2.05, 4.69) is 16.2 Å². The van der Waals surface area contributed by atoms with Crippen molar-refractivity contribution in [3.05, 3.63) is 88.3 Å². The second-order valence-corrected chi connectivity index (χ2v) is 8.80. The molecule has 2 aromatic carbocycles. The summed E-state index contributed by atoms with van der Waals surface area (Å²) < 4.78 is 41.0. The number of nitrogens with zero attached hydrogens (tertiary/aromatic N) is 5. The molecular weight excluding hydrogens is 512 g/mol. The first-order valence-electron chi connectivity index (χ1n) is 10.5. The van der Waals surface area contributed by atoms with Gasteiger partial charge in [0.1, 0.15) is 29.3 Å². The molecule has 8 nitrogen and oxygen atoms in total. The Hall–Kier alpha value is -3.88. The smallest absolute Gasteiger partial charge is 0.420 e. The lowest BCUT2D eigenvalue weighted by Gasteiger charge is -2.37. The monoisotopic (exact) mass is 529 g/mol. The Morgan fingerprint density at radius 1 is 1.28 bits per heavy atom. The second-order valence-electron chi connectivity index (χ2n) is 7.69. The molecule has 0 aliphatic heterocycles. The molecule has 4 rings (SSSR count). The standard InChI is InChI=1S/C24H18ClF2N5O3S/c1-15(22-31-21(10-36-22)17-4-2-16(9-28)3-5-17)24(35-23(33)34-12-25,11-32-14-29-13-30-32)19-7-6-18(26)8-20(19)27/h2-8,10,13-15H,11-12H2,1H3/t15-,24+/m0/s1. The molecule has 4 aromatic rings. The predicted molar refractivity (Wildman–Crippen MR) is 127 cm³/mol. The van der Waals surface area contributed by atoms with Gasteiger partial charge in [-0.15, -0.1) is 11.3 Å². The Morgan fingerprint density at radius 2 is 2.06 bits per heavy atom. The zero-order valence-corrected chi connectivity index (χ0v) is 20.3. The highest BCUT2D eigenvalue weighted by Crippen LogP contribution is 2.44. The summed E-state index contributed by atoms with van der Waals surface area (Å²) in [5.41, 5.74) is 0.0138. The highest BCUT2D eigenvalue weighted by molar-refractivity contribution is 7.10. The molecule has 0 N–H and O–H groups in total. The molecule has 0 saturated carbocycles. The summed E-state index contributed by atoms with van der Waals surface area (Å²) >= 11 is 6.82. The molecule has 2 atom stereocenters. The lowest BCUT2D eigenvalue weighted by Crippen LogP contribution is -2.43. The maximum atomic E-state index is 15.2. The van der Waals surface area contributed by atoms with Gasteiger partial charge in [-0.1, -0.05) is 30.7 Å². The molecule has 0 fully saturated rings. The average Bonchev–Trinajstić information content (AvgIpc) is 3.56. The molecule has 0 saturated heterocycles. The number of aromatic nitrogens is 4. The molecule has 0 amide bonds. The number of hydrogen-bond donors (Lipinski definition) is 0. The molecule has 0 spiro atoms. The third-order valence-electron chi connectivity index (χ3n) is 5.59. The minimum absolute atomic E-state index is 0.103. The zero-order valence-electron chi connectivity index (χ0n) is 18.8. The van der Waals surface area contributed by atoms with Crippen molar-refractivity contribution in [2.45, 2.75) is 25.0 Å². The molecule has 2 aromatic heterocycles. The van der Waals surface area contributed by atoms with Gasteiger partial charge >= 0.3 is 6.16 Å². The molecule has 36 heavy (non-hydrogen) atoms. The van der Waals surface area contributed by atoms with Crippen LogP contribution in [0.15, 0.2) is 60.5 Å². The van der Waals surface area contributed by atoms with Gasteiger partial charge in [-0.05, 0) is 24.3 Å². The first-order chi connectivity index (χ1) is 17.4. The number of nitriles is 1. The molecule has 2 heterocycles. The number of rotatable bonds is 8. The first-order valence-corrected chi connectivity index (χ1v) is 11.9. The van der Waals surface area contributed by atoms with Crippen molar-refractivity contribution in [3.8, 4) is 17.3 Å². The van der Waals surface area contributed by atoms with Gasteiger partial charge in [0.05, 0.1) is 29.8 Å². The zero-order chi connectivity index (χ0) is 25.7. The van der Waals surface area contributed by atoms with Crippen LogP contribution in [0.1, 0.15) is 29.0 Å². The first kappa shape index (κ1) is 25.2. The number of carbonyl (C=O) groups is 1. The van der Waals surface area contributed by atoms with Crippen LogP contribution in [0, 0.1) is 23.0 Å². The Kier molecular flexibility index (Phi) is 7.57. The van der Waals surface area contributed by atoms with Crippen LogP contribution in [0.3, 0.4) is 0 Å². The van der Waals surface area contributed by atoms with E-state index in [0.29, 0.717) is 22.3 Å². The summed E-state index contributed by atoms with van der Waals surface area (Å²) in [7, 11) is 0. The van der Waals surface area contributed by atoms with Gasteiger partial charge in [0.2, 0.25) is 0 Å². The van der Waals surface area contributed by atoms with E-state index in [-0.39, 0.29) is 12.1 Å². The van der Waals surface area contributed by atoms with Gasteiger partial charge in [-0.2, -0.15) is 10.4 Å². The van der Waals surface area contributed by atoms with Crippen molar-refractivity contribution in [1.29, 1.82) is 5.26 Å². The highest BCUT2D eigenvalue weighted by Gasteiger charge is 2.47. The predicted octanol–water partition coefficient (Wildman–Crippen LogP) is 5.60. The summed E-state index contributed by atoms with van der Waals surface area (Å²) in [6, 6.07) is 11.4. The maximum Gasteiger partial charge on any atom is 0.510 e. The van der Waals surface area contributed by atoms with E-state index in [9.17, 15) is 9.18 Å². The van der Waals surface area contributed by atoms with E-state index in [1.54, 1.807) is 36.6 Å². The third-order valence-corrected chi connectivity index (χ3v) is 6.73. The fraction of sp³-hybridized carbons (Fsp3) is 0.208. The van der Waals surface area contributed by atoms with Crippen molar-refractivity contribution >= 4 is 29.1 Å². The summed E-state index contributed by atoms with van der Waals surface area (Å²) in [6.07, 6.45) is 1.51. The van der Waals surface area contributed by atoms with Crippen molar-refractivity contribution in [2.24, 2.45) is 0 Å². The number of ether oxygens (including phenoxy) is 2. The van der Waals surface area contributed by atoms with Crippen LogP contribution < -0.4 is 0 Å². The quantitative estimate of drug-likeness (QED) is 0.216. The fourth-order valence-electron chi connectivity index (χ4n) is 3.78. The molecule has 0 radical (unpaired) electrons. The third kappa shape index (κ3) is 5.19. The minimum Gasteiger partial charge on any atom is -0.420 e. The van der Waals surface area contributed by atoms with Crippen LogP contribution in [0.5, 0.6) is 0 Å². The van der Waals surface area contributed by atoms with Gasteiger partial charge in [0.25, 0.3) is 0 Å². The van der Waals surface area contributed by atoms with Crippen LogP contribution in [0.4, 0.5) is 13.6 Å². The lowest BCUT2D eigenvalue weighted by atomic mass is 9.81. The minimum atomic E-state index is -1.77. The van der Waals surface area contributed by atoms with Crippen LogP contribution in [0.2, 0.25) is 0 Å². The Labute approximate surface area is 213 Å². The van der Waals surface area contributed by atoms with Gasteiger partial charge in [0, 0.05) is 22.6 Å². The lowest BCUT2D eigenvalue weighted by molar-refractivity contribution is -0.0620. The van der Waals surface area contributed by atoms with E-state index in [1.807, 2.05) is 0 Å². The number of thiazole rings is 1. The fourth-order valence-corrected chi connectivity index (χ4v) is 4.83. The van der Waals surface area contributed by atoms with Crippen molar-refractivity contribution in [3.63, 3.8) is 0 Å². The SMILES string of the molecule is C[C@@H](c1nc(-c2ccc(C#N)cc2)cs1)[C@@](Cn1cncn1)(OC(=O)OCCl)c1ccc(F)cc1F. The molecule has 184 valence electrons. The Bertz CT molecular complexity index is 1390. The van der Waals surface area contributed by atoms with E-state index in [4.69, 9.17) is 31.3 Å². The van der Waals surface area contributed by atoms with E-state index >= 15 is 4.39 Å². The Balaban J connectivity index is 1.83. The van der Waals surface area contributed by atoms with Gasteiger partial charge < -0.3 is 9.47 Å². The number of hydrogen-bond acceptors (Lipinski definition) is 8. The largest absolute Gasteiger partial charge is 0.510 e. The summed E-state index contributed by atoms with van der Waals surface area (Å²) in [4.78, 5) is 21.2. The topological polar surface area (TPSA) is 103 Å². The van der Waals surface area contributed by atoms with Crippen LogP contribution in [-0.2, 0) is 21.6 Å². The normalized spacial score (nSPS) is 13.4. The number of alkyl halides is 1. The van der Waals surface area contributed by atoms with Crippen molar-refractivity contribution < 1.29 is 23.0 Å². The Morgan fingerprint density at radius 3 is 2.69 bits per heavy atom. The molecule has 12 heteroatoms. The molecule has 0 unspecified atom stereocenters. The molecule has 0 aliphatic carbocycles.